The average molecular weight is 1230 g/mol. The SMILES string of the molecule is CCCN(C)CCOCCNc1c(C(C)(C)C)c(=O)c1=O.CCCN(CC)CCOCCNc1c(C(C)(C)C)c(=O)c1=O.CCCN(CCC)CCOCCNc1c(C(C)(C)C)c(=O)c1=O.CCN(CC)CCOCCNc1c(C(C)(C)C)c(=O)c1=O. The van der Waals surface area contributed by atoms with E-state index in [4.69, 9.17) is 18.9 Å². The first-order valence-electron chi connectivity index (χ1n) is 32.2. The van der Waals surface area contributed by atoms with Crippen molar-refractivity contribution in [3.8, 4) is 0 Å². The topological polar surface area (TPSA) is 235 Å². The first-order chi connectivity index (χ1) is 40.8. The van der Waals surface area contributed by atoms with E-state index in [-0.39, 0.29) is 43.4 Å². The zero-order valence-corrected chi connectivity index (χ0v) is 57.8. The highest BCUT2D eigenvalue weighted by atomic mass is 16.5. The minimum absolute atomic E-state index is 0.295. The molecule has 0 aromatic heterocycles. The number of rotatable bonds is 39. The molecule has 0 heterocycles. The average Bonchev–Trinajstić information content (AvgIpc) is 3.50. The zero-order chi connectivity index (χ0) is 66.3. The third kappa shape index (κ3) is 27.1. The van der Waals surface area contributed by atoms with Gasteiger partial charge in [-0.2, -0.15) is 0 Å². The summed E-state index contributed by atoms with van der Waals surface area (Å²) in [5, 5.41) is 12.2. The minimum Gasteiger partial charge on any atom is -0.379 e. The van der Waals surface area contributed by atoms with Gasteiger partial charge in [-0.1, -0.05) is 132 Å². The second-order valence-electron chi connectivity index (χ2n) is 26.4. The lowest BCUT2D eigenvalue weighted by Crippen LogP contribution is -2.43. The van der Waals surface area contributed by atoms with Gasteiger partial charge in [-0.25, -0.2) is 0 Å². The Labute approximate surface area is 521 Å². The number of hydrogen-bond acceptors (Lipinski definition) is 20. The molecule has 4 rings (SSSR count). The highest BCUT2D eigenvalue weighted by Crippen LogP contribution is 2.28. The van der Waals surface area contributed by atoms with Gasteiger partial charge >= 0.3 is 0 Å². The van der Waals surface area contributed by atoms with E-state index >= 15 is 0 Å². The molecule has 87 heavy (non-hydrogen) atoms. The lowest BCUT2D eigenvalue weighted by molar-refractivity contribution is 0.111. The summed E-state index contributed by atoms with van der Waals surface area (Å²) in [5.74, 6) is 0. The van der Waals surface area contributed by atoms with Crippen LogP contribution >= 0.6 is 0 Å². The molecule has 20 heteroatoms. The van der Waals surface area contributed by atoms with Crippen molar-refractivity contribution in [2.24, 2.45) is 0 Å². The summed E-state index contributed by atoms with van der Waals surface area (Å²) in [7, 11) is 2.07. The van der Waals surface area contributed by atoms with Crippen molar-refractivity contribution < 1.29 is 18.9 Å². The van der Waals surface area contributed by atoms with E-state index in [9.17, 15) is 38.4 Å². The maximum atomic E-state index is 11.7. The highest BCUT2D eigenvalue weighted by molar-refractivity contribution is 5.61. The third-order valence-electron chi connectivity index (χ3n) is 14.7. The van der Waals surface area contributed by atoms with Gasteiger partial charge in [0.1, 0.15) is 0 Å². The van der Waals surface area contributed by atoms with E-state index in [1.54, 1.807) is 0 Å². The van der Waals surface area contributed by atoms with E-state index in [2.05, 4.69) is 96.4 Å². The Hall–Kier alpha value is -4.80. The standard InChI is InChI=1S/C18H32N2O3.C17H30N2O3.2C16H28N2O3/c1-6-9-20(10-7-2)11-13-23-12-8-19-15-14(18(3,4)5)16(21)17(15)22;1-6-9-19(7-2)10-12-22-11-8-18-14-13(17(3,4)5)15(20)16(14)21;1-6-8-18(5)9-11-21-10-7-17-13-12(16(2,3)4)14(19)15(13)20;1-6-18(7-2)9-11-21-10-8-17-13-12(16(3,4)5)14(19)15(13)20/h19H,6-13H2,1-5H3;18H,6-12H2,1-5H3;2*17H,6-11H2,1-5H3. The first kappa shape index (κ1) is 80.2. The van der Waals surface area contributed by atoms with Crippen LogP contribution in [-0.4, -0.2) is 178 Å². The van der Waals surface area contributed by atoms with Gasteiger partial charge in [0.15, 0.2) is 0 Å². The van der Waals surface area contributed by atoms with Gasteiger partial charge in [0.2, 0.25) is 43.4 Å². The Morgan fingerprint density at radius 2 is 0.517 bits per heavy atom. The molecular weight excluding hydrogens is 1110 g/mol. The van der Waals surface area contributed by atoms with Crippen molar-refractivity contribution in [2.75, 3.05) is 179 Å². The molecule has 0 unspecified atom stereocenters. The third-order valence-corrected chi connectivity index (χ3v) is 14.7. The maximum Gasteiger partial charge on any atom is 0.249 e. The molecule has 0 spiro atoms. The van der Waals surface area contributed by atoms with Gasteiger partial charge in [-0.05, 0) is 100 Å². The van der Waals surface area contributed by atoms with Crippen molar-refractivity contribution in [1.29, 1.82) is 0 Å². The largest absolute Gasteiger partial charge is 0.379 e. The van der Waals surface area contributed by atoms with Gasteiger partial charge in [0.05, 0.1) is 75.6 Å². The summed E-state index contributed by atoms with van der Waals surface area (Å²) in [6, 6.07) is 0. The molecule has 0 atom stereocenters. The monoisotopic (exact) mass is 1230 g/mol. The van der Waals surface area contributed by atoms with Gasteiger partial charge in [0.25, 0.3) is 0 Å². The smallest absolute Gasteiger partial charge is 0.249 e. The van der Waals surface area contributed by atoms with E-state index in [0.717, 1.165) is 97.7 Å². The van der Waals surface area contributed by atoms with Crippen LogP contribution in [0.3, 0.4) is 0 Å². The predicted molar refractivity (Wildman–Crippen MR) is 362 cm³/mol. The van der Waals surface area contributed by atoms with Crippen LogP contribution in [0.25, 0.3) is 0 Å². The normalized spacial score (nSPS) is 12.3. The van der Waals surface area contributed by atoms with Gasteiger partial charge in [0, 0.05) is 74.6 Å². The van der Waals surface area contributed by atoms with E-state index < -0.39 is 21.7 Å². The zero-order valence-electron chi connectivity index (χ0n) is 57.8. The van der Waals surface area contributed by atoms with Crippen LogP contribution < -0.4 is 64.7 Å². The van der Waals surface area contributed by atoms with Crippen LogP contribution in [0.15, 0.2) is 38.4 Å². The fourth-order valence-electron chi connectivity index (χ4n) is 10.1. The Kier molecular flexibility index (Phi) is 36.9. The molecule has 4 N–H and O–H groups in total. The Morgan fingerprint density at radius 3 is 0.759 bits per heavy atom. The molecule has 20 nitrogen and oxygen atoms in total. The summed E-state index contributed by atoms with van der Waals surface area (Å²) in [6.45, 7) is 56.6. The van der Waals surface area contributed by atoms with Crippen molar-refractivity contribution >= 4 is 22.7 Å². The Bertz CT molecular complexity index is 2850. The lowest BCUT2D eigenvalue weighted by atomic mass is 9.82. The Balaban J connectivity index is 0.000000580. The van der Waals surface area contributed by atoms with Crippen molar-refractivity contribution in [1.82, 2.24) is 19.6 Å². The maximum absolute atomic E-state index is 11.7. The number of likely N-dealkylation sites (N-methyl/N-ethyl adjacent to an activating group) is 3. The van der Waals surface area contributed by atoms with Gasteiger partial charge in [-0.3, -0.25) is 38.4 Å². The van der Waals surface area contributed by atoms with Gasteiger partial charge in [-0.15, -0.1) is 0 Å². The summed E-state index contributed by atoms with van der Waals surface area (Å²) >= 11 is 0. The fourth-order valence-corrected chi connectivity index (χ4v) is 10.1. The predicted octanol–water partition coefficient (Wildman–Crippen LogP) is 6.57. The first-order valence-corrected chi connectivity index (χ1v) is 32.2. The molecule has 0 radical (unpaired) electrons. The van der Waals surface area contributed by atoms with E-state index in [1.807, 2.05) is 83.1 Å². The molecule has 0 aliphatic carbocycles. The molecule has 0 saturated heterocycles. The fraction of sp³-hybridized carbons (Fsp3) is 0.761. The number of hydrogen-bond donors (Lipinski definition) is 4. The van der Waals surface area contributed by atoms with Crippen LogP contribution in [0.2, 0.25) is 0 Å². The van der Waals surface area contributed by atoms with Crippen molar-refractivity contribution in [2.45, 2.75) is 179 Å². The molecule has 498 valence electrons. The van der Waals surface area contributed by atoms with Gasteiger partial charge < -0.3 is 59.8 Å². The van der Waals surface area contributed by atoms with Crippen molar-refractivity contribution in [3.63, 3.8) is 0 Å². The second-order valence-corrected chi connectivity index (χ2v) is 26.4. The quantitative estimate of drug-likeness (QED) is 0.0273. The number of anilines is 4. The molecule has 0 saturated carbocycles. The minimum atomic E-state index is -0.400. The highest BCUT2D eigenvalue weighted by Gasteiger charge is 2.33. The molecule has 0 amide bonds. The molecule has 0 fully saturated rings. The van der Waals surface area contributed by atoms with E-state index in [0.29, 0.717) is 124 Å². The number of ether oxygens (including phenoxy) is 4. The molecular formula is C67H118N8O12. The number of nitrogens with zero attached hydrogens (tertiary/aromatic N) is 4. The number of nitrogens with one attached hydrogen (secondary N) is 4. The van der Waals surface area contributed by atoms with Crippen LogP contribution in [-0.2, 0) is 40.6 Å². The summed E-state index contributed by atoms with van der Waals surface area (Å²) < 4.78 is 22.3. The van der Waals surface area contributed by atoms with Crippen LogP contribution in [0, 0.1) is 0 Å². The summed E-state index contributed by atoms with van der Waals surface area (Å²) in [4.78, 5) is 102. The molecule has 4 aromatic rings. The second kappa shape index (κ2) is 40.0. The van der Waals surface area contributed by atoms with Crippen molar-refractivity contribution in [3.05, 3.63) is 104 Å². The molecule has 4 aromatic carbocycles. The van der Waals surface area contributed by atoms with Crippen LogP contribution in [0.1, 0.15) is 179 Å². The molecule has 0 aliphatic rings. The van der Waals surface area contributed by atoms with Crippen LogP contribution in [0.4, 0.5) is 22.7 Å². The van der Waals surface area contributed by atoms with E-state index in [1.165, 1.54) is 0 Å². The molecule has 0 aliphatic heterocycles. The summed E-state index contributed by atoms with van der Waals surface area (Å²) in [5.41, 5.74) is 0.139. The Morgan fingerprint density at radius 1 is 0.287 bits per heavy atom. The summed E-state index contributed by atoms with van der Waals surface area (Å²) in [6.07, 6.45) is 4.59. The van der Waals surface area contributed by atoms with Crippen LogP contribution in [0.5, 0.6) is 0 Å². The lowest BCUT2D eigenvalue weighted by Gasteiger charge is -2.24. The molecule has 0 bridgehead atoms.